The molecule has 220 valence electrons. The van der Waals surface area contributed by atoms with Gasteiger partial charge in [0, 0.05) is 64.6 Å². The SMILES string of the molecule is c1ccc2cc(N3c4cc5sc6ccccc6c5c5c4B(c4c3ccc3ccccc43)n3c4ccccc4c4cccc-5c43)ccc2c1. The smallest absolute Gasteiger partial charge is 0.333 e. The van der Waals surface area contributed by atoms with Crippen LogP contribution in [0.3, 0.4) is 0 Å². The molecular weight excluding hydrogens is 599 g/mol. The molecule has 0 atom stereocenters. The van der Waals surface area contributed by atoms with Gasteiger partial charge in [-0.15, -0.1) is 11.3 Å². The molecule has 0 bridgehead atoms. The highest BCUT2D eigenvalue weighted by Crippen LogP contribution is 2.51. The number of hydrogen-bond donors (Lipinski definition) is 0. The first-order valence-electron chi connectivity index (χ1n) is 16.6. The summed E-state index contributed by atoms with van der Waals surface area (Å²) < 4.78 is 5.34. The fraction of sp³-hybridized carbons (Fsp3) is 0. The van der Waals surface area contributed by atoms with E-state index in [9.17, 15) is 0 Å². The first-order chi connectivity index (χ1) is 23.8. The zero-order valence-electron chi connectivity index (χ0n) is 25.8. The number of fused-ring (bicyclic) bond motifs is 14. The summed E-state index contributed by atoms with van der Waals surface area (Å²) in [4.78, 5) is 2.56. The van der Waals surface area contributed by atoms with Crippen LogP contribution in [0.1, 0.15) is 0 Å². The molecule has 0 radical (unpaired) electrons. The quantitative estimate of drug-likeness (QED) is 0.165. The van der Waals surface area contributed by atoms with Crippen LogP contribution in [0.15, 0.2) is 152 Å². The van der Waals surface area contributed by atoms with Gasteiger partial charge in [-0.3, -0.25) is 0 Å². The fourth-order valence-electron chi connectivity index (χ4n) is 9.05. The fourth-order valence-corrected chi connectivity index (χ4v) is 10.2. The lowest BCUT2D eigenvalue weighted by Gasteiger charge is -2.41. The maximum atomic E-state index is 2.68. The number of nitrogens with zero attached hydrogens (tertiary/aromatic N) is 2. The number of benzene rings is 8. The van der Waals surface area contributed by atoms with Crippen molar-refractivity contribution in [3.63, 3.8) is 0 Å². The Morgan fingerprint density at radius 3 is 2.12 bits per heavy atom. The number of aromatic nitrogens is 1. The van der Waals surface area contributed by atoms with Gasteiger partial charge in [0.25, 0.3) is 0 Å². The molecule has 2 aromatic heterocycles. The highest BCUT2D eigenvalue weighted by atomic mass is 32.1. The van der Waals surface area contributed by atoms with E-state index in [2.05, 4.69) is 161 Å². The minimum atomic E-state index is 0.00756. The number of anilines is 3. The molecular formula is C44H25BN2S. The van der Waals surface area contributed by atoms with Crippen molar-refractivity contribution in [2.45, 2.75) is 0 Å². The average Bonchev–Trinajstić information content (AvgIpc) is 3.69. The number of rotatable bonds is 1. The van der Waals surface area contributed by atoms with Crippen LogP contribution in [0.2, 0.25) is 0 Å². The Labute approximate surface area is 280 Å². The summed E-state index contributed by atoms with van der Waals surface area (Å²) in [5.74, 6) is 0. The van der Waals surface area contributed by atoms with Crippen molar-refractivity contribution in [2.75, 3.05) is 4.90 Å². The molecule has 0 saturated heterocycles. The zero-order valence-corrected chi connectivity index (χ0v) is 26.6. The largest absolute Gasteiger partial charge is 0.375 e. The van der Waals surface area contributed by atoms with E-state index in [1.165, 1.54) is 103 Å². The molecule has 2 aliphatic rings. The molecule has 0 amide bonds. The highest BCUT2D eigenvalue weighted by molar-refractivity contribution is 7.26. The molecule has 12 rings (SSSR count). The summed E-state index contributed by atoms with van der Waals surface area (Å²) >= 11 is 1.92. The number of para-hydroxylation sites is 2. The van der Waals surface area contributed by atoms with Crippen LogP contribution in [0.5, 0.6) is 0 Å². The van der Waals surface area contributed by atoms with Crippen molar-refractivity contribution >= 4 is 110 Å². The molecule has 0 N–H and O–H groups in total. The number of thiophene rings is 1. The van der Waals surface area contributed by atoms with Crippen molar-refractivity contribution in [1.29, 1.82) is 0 Å². The lowest BCUT2D eigenvalue weighted by atomic mass is 9.44. The molecule has 2 nitrogen and oxygen atoms in total. The maximum Gasteiger partial charge on any atom is 0.333 e. The van der Waals surface area contributed by atoms with Crippen molar-refractivity contribution < 1.29 is 0 Å². The van der Waals surface area contributed by atoms with Crippen LogP contribution >= 0.6 is 11.3 Å². The first kappa shape index (κ1) is 25.3. The Kier molecular flexibility index (Phi) is 4.71. The molecule has 0 saturated carbocycles. The molecule has 0 unspecified atom stereocenters. The van der Waals surface area contributed by atoms with Crippen LogP contribution in [-0.2, 0) is 0 Å². The minimum Gasteiger partial charge on any atom is -0.375 e. The van der Waals surface area contributed by atoms with Gasteiger partial charge in [0.2, 0.25) is 0 Å². The summed E-state index contributed by atoms with van der Waals surface area (Å²) in [5, 5.41) is 10.4. The van der Waals surface area contributed by atoms with E-state index in [0.29, 0.717) is 0 Å². The van der Waals surface area contributed by atoms with E-state index in [0.717, 1.165) is 0 Å². The summed E-state index contributed by atoms with van der Waals surface area (Å²) in [6, 6.07) is 56.8. The molecule has 0 aliphatic carbocycles. The van der Waals surface area contributed by atoms with Crippen molar-refractivity contribution in [1.82, 2.24) is 4.48 Å². The predicted octanol–water partition coefficient (Wildman–Crippen LogP) is 10.9. The van der Waals surface area contributed by atoms with E-state index < -0.39 is 0 Å². The molecule has 0 fully saturated rings. The summed E-state index contributed by atoms with van der Waals surface area (Å²) in [6.45, 7) is 0.00756. The topological polar surface area (TPSA) is 8.17 Å². The zero-order chi connectivity index (χ0) is 31.1. The third-order valence-electron chi connectivity index (χ3n) is 10.9. The third-order valence-corrected chi connectivity index (χ3v) is 12.0. The molecule has 48 heavy (non-hydrogen) atoms. The Morgan fingerprint density at radius 2 is 1.21 bits per heavy atom. The Balaban J connectivity index is 1.34. The first-order valence-corrected chi connectivity index (χ1v) is 17.5. The van der Waals surface area contributed by atoms with Gasteiger partial charge in [0.15, 0.2) is 0 Å². The lowest BCUT2D eigenvalue weighted by Crippen LogP contribution is -2.57. The Hall–Kier alpha value is -5.84. The summed E-state index contributed by atoms with van der Waals surface area (Å²) in [5.41, 5.74) is 11.8. The van der Waals surface area contributed by atoms with Crippen molar-refractivity contribution in [2.24, 2.45) is 0 Å². The van der Waals surface area contributed by atoms with Gasteiger partial charge >= 0.3 is 6.85 Å². The van der Waals surface area contributed by atoms with Crippen LogP contribution in [0.25, 0.3) is 74.6 Å². The molecule has 4 heterocycles. The molecule has 4 heteroatoms. The molecule has 2 aliphatic heterocycles. The van der Waals surface area contributed by atoms with Crippen LogP contribution in [0.4, 0.5) is 17.1 Å². The molecule has 10 aromatic rings. The lowest BCUT2D eigenvalue weighted by molar-refractivity contribution is 1.27. The number of hydrogen-bond acceptors (Lipinski definition) is 2. The highest BCUT2D eigenvalue weighted by Gasteiger charge is 2.44. The predicted molar refractivity (Wildman–Crippen MR) is 208 cm³/mol. The maximum absolute atomic E-state index is 2.68. The van der Waals surface area contributed by atoms with E-state index in [1.54, 1.807) is 0 Å². The van der Waals surface area contributed by atoms with Gasteiger partial charge in [-0.1, -0.05) is 115 Å². The molecule has 8 aromatic carbocycles. The second-order valence-electron chi connectivity index (χ2n) is 13.2. The van der Waals surface area contributed by atoms with E-state index in [-0.39, 0.29) is 6.85 Å². The minimum absolute atomic E-state index is 0.00756. The van der Waals surface area contributed by atoms with Crippen LogP contribution in [-0.4, -0.2) is 11.3 Å². The van der Waals surface area contributed by atoms with Gasteiger partial charge < -0.3 is 9.38 Å². The Bertz CT molecular complexity index is 3040. The average molecular weight is 625 g/mol. The van der Waals surface area contributed by atoms with Crippen LogP contribution < -0.4 is 15.8 Å². The monoisotopic (exact) mass is 624 g/mol. The van der Waals surface area contributed by atoms with Crippen molar-refractivity contribution in [3.05, 3.63) is 152 Å². The van der Waals surface area contributed by atoms with Gasteiger partial charge in [0.1, 0.15) is 0 Å². The van der Waals surface area contributed by atoms with E-state index >= 15 is 0 Å². The van der Waals surface area contributed by atoms with Gasteiger partial charge in [0.05, 0.1) is 0 Å². The summed E-state index contributed by atoms with van der Waals surface area (Å²) in [7, 11) is 0. The second kappa shape index (κ2) is 8.94. The second-order valence-corrected chi connectivity index (χ2v) is 14.3. The Morgan fingerprint density at radius 1 is 0.479 bits per heavy atom. The van der Waals surface area contributed by atoms with Gasteiger partial charge in [-0.25, -0.2) is 0 Å². The van der Waals surface area contributed by atoms with E-state index in [4.69, 9.17) is 0 Å². The van der Waals surface area contributed by atoms with Crippen LogP contribution in [0, 0.1) is 0 Å². The van der Waals surface area contributed by atoms with Crippen molar-refractivity contribution in [3.8, 4) is 11.1 Å². The van der Waals surface area contributed by atoms with E-state index in [1.807, 2.05) is 11.3 Å². The molecule has 0 spiro atoms. The summed E-state index contributed by atoms with van der Waals surface area (Å²) in [6.07, 6.45) is 0. The van der Waals surface area contributed by atoms with Gasteiger partial charge in [-0.05, 0) is 74.4 Å². The standard InChI is InChI=1S/C44H25BN2S/c1-2-12-28-24-29(22-20-26(28)10-1)46-36-23-21-27-11-3-4-13-30(27)42(36)45-43-37(46)25-39-40(33-15-6-8-19-38(33)48-39)41(43)34-17-9-16-32-31-14-5-7-18-35(31)47(45)44(32)34/h1-25H. The van der Waals surface area contributed by atoms with Gasteiger partial charge in [-0.2, -0.15) is 0 Å². The third kappa shape index (κ3) is 3.05. The normalized spacial score (nSPS) is 13.3.